The number of rotatable bonds is 3. The van der Waals surface area contributed by atoms with Crippen molar-refractivity contribution in [3.05, 3.63) is 53.1 Å². The summed E-state index contributed by atoms with van der Waals surface area (Å²) in [4.78, 5) is 0. The van der Waals surface area contributed by atoms with Gasteiger partial charge in [-0.1, -0.05) is 12.1 Å². The summed E-state index contributed by atoms with van der Waals surface area (Å²) in [7, 11) is 0. The van der Waals surface area contributed by atoms with Crippen molar-refractivity contribution < 1.29 is 13.5 Å². The van der Waals surface area contributed by atoms with E-state index in [0.717, 1.165) is 11.1 Å². The van der Waals surface area contributed by atoms with Crippen molar-refractivity contribution in [2.45, 2.75) is 20.3 Å². The molecule has 0 atom stereocenters. The average Bonchev–Trinajstić information content (AvgIpc) is 2.35. The highest BCUT2D eigenvalue weighted by Crippen LogP contribution is 2.35. The number of nitrogen functional groups attached to an aromatic ring is 1. The lowest BCUT2D eigenvalue weighted by molar-refractivity contribution is 0.148. The highest BCUT2D eigenvalue weighted by Gasteiger charge is 2.15. The van der Waals surface area contributed by atoms with Crippen LogP contribution in [0.2, 0.25) is 0 Å². The zero-order chi connectivity index (χ0) is 14.0. The summed E-state index contributed by atoms with van der Waals surface area (Å²) in [5.74, 6) is 0.713. The Kier molecular flexibility index (Phi) is 3.69. The fourth-order valence-corrected chi connectivity index (χ4v) is 1.77. The monoisotopic (exact) mass is 263 g/mol. The Labute approximate surface area is 110 Å². The zero-order valence-corrected chi connectivity index (χ0v) is 10.8. The summed E-state index contributed by atoms with van der Waals surface area (Å²) in [6.07, 6.45) is -2.62. The quantitative estimate of drug-likeness (QED) is 0.820. The smallest absolute Gasteiger partial charge is 0.267 e. The maximum atomic E-state index is 13.0. The molecule has 2 N–H and O–H groups in total. The lowest BCUT2D eigenvalue weighted by Gasteiger charge is -2.13. The predicted molar refractivity (Wildman–Crippen MR) is 71.8 cm³/mol. The summed E-state index contributed by atoms with van der Waals surface area (Å²) in [5, 5.41) is 0. The van der Waals surface area contributed by atoms with Crippen LogP contribution in [0.25, 0.3) is 0 Å². The van der Waals surface area contributed by atoms with Crippen LogP contribution >= 0.6 is 0 Å². The Morgan fingerprint density at radius 1 is 1.00 bits per heavy atom. The number of halogens is 2. The van der Waals surface area contributed by atoms with Crippen LogP contribution in [0.3, 0.4) is 0 Å². The second-order valence-corrected chi connectivity index (χ2v) is 4.47. The maximum absolute atomic E-state index is 13.0. The standard InChI is InChI=1S/C15H15F2NO/c1-9-3-4-10(2)14(7-9)19-13-6-5-11(18)8-12(13)15(16)17/h3-8,15H,18H2,1-2H3. The molecular weight excluding hydrogens is 248 g/mol. The molecule has 0 aliphatic heterocycles. The molecule has 2 nitrogen and oxygen atoms in total. The first kappa shape index (κ1) is 13.3. The zero-order valence-electron chi connectivity index (χ0n) is 10.8. The fourth-order valence-electron chi connectivity index (χ4n) is 1.77. The number of ether oxygens (including phenoxy) is 1. The number of anilines is 1. The van der Waals surface area contributed by atoms with Crippen molar-refractivity contribution in [1.29, 1.82) is 0 Å². The molecule has 100 valence electrons. The topological polar surface area (TPSA) is 35.2 Å². The predicted octanol–water partition coefficient (Wildman–Crippen LogP) is 4.62. The van der Waals surface area contributed by atoms with E-state index in [1.807, 2.05) is 32.0 Å². The van der Waals surface area contributed by atoms with Crippen LogP contribution < -0.4 is 10.5 Å². The molecule has 0 amide bonds. The fraction of sp³-hybridized carbons (Fsp3) is 0.200. The SMILES string of the molecule is Cc1ccc(C)c(Oc2ccc(N)cc2C(F)F)c1. The van der Waals surface area contributed by atoms with Crippen LogP contribution in [-0.2, 0) is 0 Å². The van der Waals surface area contributed by atoms with Gasteiger partial charge in [0, 0.05) is 5.69 Å². The first-order valence-electron chi connectivity index (χ1n) is 5.90. The number of hydrogen-bond acceptors (Lipinski definition) is 2. The minimum absolute atomic E-state index is 0.137. The van der Waals surface area contributed by atoms with Crippen LogP contribution in [0.4, 0.5) is 14.5 Å². The van der Waals surface area contributed by atoms with E-state index < -0.39 is 6.43 Å². The third-order valence-corrected chi connectivity index (χ3v) is 2.83. The van der Waals surface area contributed by atoms with Gasteiger partial charge in [0.2, 0.25) is 0 Å². The van der Waals surface area contributed by atoms with E-state index in [0.29, 0.717) is 11.4 Å². The van der Waals surface area contributed by atoms with E-state index in [-0.39, 0.29) is 11.3 Å². The normalized spacial score (nSPS) is 10.8. The van der Waals surface area contributed by atoms with Gasteiger partial charge < -0.3 is 10.5 Å². The Balaban J connectivity index is 2.40. The Morgan fingerprint density at radius 3 is 2.42 bits per heavy atom. The summed E-state index contributed by atoms with van der Waals surface area (Å²) >= 11 is 0. The molecule has 0 saturated carbocycles. The molecule has 2 rings (SSSR count). The Morgan fingerprint density at radius 2 is 1.74 bits per heavy atom. The Hall–Kier alpha value is -2.10. The van der Waals surface area contributed by atoms with Gasteiger partial charge in [-0.3, -0.25) is 0 Å². The highest BCUT2D eigenvalue weighted by molar-refractivity contribution is 5.50. The molecule has 0 saturated heterocycles. The van der Waals surface area contributed by atoms with Crippen LogP contribution in [0.1, 0.15) is 23.1 Å². The molecule has 0 spiro atoms. The van der Waals surface area contributed by atoms with Gasteiger partial charge >= 0.3 is 0 Å². The third-order valence-electron chi connectivity index (χ3n) is 2.83. The molecule has 0 aromatic heterocycles. The molecule has 2 aromatic carbocycles. The molecule has 0 aliphatic carbocycles. The second-order valence-electron chi connectivity index (χ2n) is 4.47. The molecule has 0 aliphatic rings. The van der Waals surface area contributed by atoms with Crippen molar-refractivity contribution in [2.75, 3.05) is 5.73 Å². The maximum Gasteiger partial charge on any atom is 0.267 e. The van der Waals surface area contributed by atoms with Gasteiger partial charge in [-0.15, -0.1) is 0 Å². The van der Waals surface area contributed by atoms with E-state index in [4.69, 9.17) is 10.5 Å². The number of aryl methyl sites for hydroxylation is 2. The van der Waals surface area contributed by atoms with E-state index in [9.17, 15) is 8.78 Å². The minimum Gasteiger partial charge on any atom is -0.457 e. The average molecular weight is 263 g/mol. The van der Waals surface area contributed by atoms with Crippen LogP contribution in [-0.4, -0.2) is 0 Å². The van der Waals surface area contributed by atoms with E-state index in [1.54, 1.807) is 6.07 Å². The van der Waals surface area contributed by atoms with Crippen molar-refractivity contribution in [3.8, 4) is 11.5 Å². The summed E-state index contributed by atoms with van der Waals surface area (Å²) < 4.78 is 31.5. The van der Waals surface area contributed by atoms with Crippen molar-refractivity contribution in [2.24, 2.45) is 0 Å². The number of benzene rings is 2. The van der Waals surface area contributed by atoms with Gasteiger partial charge in [-0.2, -0.15) is 0 Å². The molecule has 0 bridgehead atoms. The first-order chi connectivity index (χ1) is 8.97. The van der Waals surface area contributed by atoms with Crippen LogP contribution in [0, 0.1) is 13.8 Å². The Bertz CT molecular complexity index is 597. The van der Waals surface area contributed by atoms with Crippen LogP contribution in [0.5, 0.6) is 11.5 Å². The first-order valence-corrected chi connectivity index (χ1v) is 5.90. The van der Waals surface area contributed by atoms with Crippen LogP contribution in [0.15, 0.2) is 36.4 Å². The number of alkyl halides is 2. The van der Waals surface area contributed by atoms with Crippen molar-refractivity contribution in [1.82, 2.24) is 0 Å². The molecule has 19 heavy (non-hydrogen) atoms. The van der Waals surface area contributed by atoms with E-state index in [1.165, 1.54) is 12.1 Å². The largest absolute Gasteiger partial charge is 0.457 e. The number of nitrogens with two attached hydrogens (primary N) is 1. The molecule has 0 heterocycles. The van der Waals surface area contributed by atoms with Gasteiger partial charge in [0.25, 0.3) is 6.43 Å². The molecule has 4 heteroatoms. The summed E-state index contributed by atoms with van der Waals surface area (Å²) in [5.41, 5.74) is 7.53. The van der Waals surface area contributed by atoms with Crippen molar-refractivity contribution >= 4 is 5.69 Å². The molecule has 2 aromatic rings. The number of hydrogen-bond donors (Lipinski definition) is 1. The minimum atomic E-state index is -2.62. The second kappa shape index (κ2) is 5.26. The molecular formula is C15H15F2NO. The van der Waals surface area contributed by atoms with Gasteiger partial charge in [0.05, 0.1) is 5.56 Å². The van der Waals surface area contributed by atoms with Gasteiger partial charge in [0.15, 0.2) is 0 Å². The van der Waals surface area contributed by atoms with Crippen molar-refractivity contribution in [3.63, 3.8) is 0 Å². The summed E-state index contributed by atoms with van der Waals surface area (Å²) in [6, 6.07) is 9.92. The van der Waals surface area contributed by atoms with Gasteiger partial charge in [-0.05, 0) is 49.2 Å². The van der Waals surface area contributed by atoms with E-state index >= 15 is 0 Å². The lowest BCUT2D eigenvalue weighted by atomic mass is 10.1. The highest BCUT2D eigenvalue weighted by atomic mass is 19.3. The molecule has 0 unspecified atom stereocenters. The summed E-state index contributed by atoms with van der Waals surface area (Å²) in [6.45, 7) is 3.79. The molecule has 0 fully saturated rings. The van der Waals surface area contributed by atoms with E-state index in [2.05, 4.69) is 0 Å². The van der Waals surface area contributed by atoms with Gasteiger partial charge in [-0.25, -0.2) is 8.78 Å². The lowest BCUT2D eigenvalue weighted by Crippen LogP contribution is -1.96. The molecule has 0 radical (unpaired) electrons. The third kappa shape index (κ3) is 3.02. The van der Waals surface area contributed by atoms with Gasteiger partial charge in [0.1, 0.15) is 11.5 Å².